The minimum Gasteiger partial charge on any atom is -0.291 e. The van der Waals surface area contributed by atoms with Crippen molar-refractivity contribution in [3.63, 3.8) is 0 Å². The molecule has 0 radical (unpaired) electrons. The normalized spacial score (nSPS) is 14.6. The number of thioether (sulfide) groups is 1. The van der Waals surface area contributed by atoms with Gasteiger partial charge in [-0.1, -0.05) is 69.1 Å². The minimum absolute atomic E-state index is 0.0963. The number of unbranched alkanes of at least 4 members (excludes halogenated alkanes) is 3. The maximum absolute atomic E-state index is 13.3. The lowest BCUT2D eigenvalue weighted by Gasteiger charge is -2.31. The quantitative estimate of drug-likeness (QED) is 0.294. The third-order valence-corrected chi connectivity index (χ3v) is 6.97. The van der Waals surface area contributed by atoms with Gasteiger partial charge in [-0.3, -0.25) is 14.6 Å². The fraction of sp³-hybridized carbons (Fsp3) is 0.385. The number of rotatable bonds is 8. The Hall–Kier alpha value is -2.93. The molecule has 1 N–H and O–H groups in total. The van der Waals surface area contributed by atoms with E-state index in [1.165, 1.54) is 24.8 Å². The van der Waals surface area contributed by atoms with Crippen molar-refractivity contribution in [3.8, 4) is 11.3 Å². The van der Waals surface area contributed by atoms with E-state index in [2.05, 4.69) is 31.0 Å². The molecule has 7 heteroatoms. The number of H-pyrrole nitrogens is 1. The SMILES string of the molecule is CCCCCCSc1n[n+]2c(c(=O)[nH]1)-c1ccccc1N(C(C)=O)[C@@H]2c1ccc(CC)cc1. The number of carbonyl (C=O) groups is 1. The molecule has 0 saturated carbocycles. The number of aryl methyl sites for hydroxylation is 1. The van der Waals surface area contributed by atoms with Crippen LogP contribution < -0.4 is 15.1 Å². The zero-order chi connectivity index (χ0) is 23.4. The van der Waals surface area contributed by atoms with E-state index in [-0.39, 0.29) is 11.5 Å². The van der Waals surface area contributed by atoms with Crippen molar-refractivity contribution in [3.05, 3.63) is 70.0 Å². The summed E-state index contributed by atoms with van der Waals surface area (Å²) in [7, 11) is 0. The van der Waals surface area contributed by atoms with Crippen LogP contribution in [0.4, 0.5) is 5.69 Å². The van der Waals surface area contributed by atoms with E-state index in [0.29, 0.717) is 16.4 Å². The summed E-state index contributed by atoms with van der Waals surface area (Å²) >= 11 is 1.56. The average molecular weight is 464 g/mol. The van der Waals surface area contributed by atoms with Gasteiger partial charge in [-0.25, -0.2) is 4.90 Å². The van der Waals surface area contributed by atoms with E-state index in [1.807, 2.05) is 36.4 Å². The van der Waals surface area contributed by atoms with E-state index in [9.17, 15) is 9.59 Å². The van der Waals surface area contributed by atoms with Gasteiger partial charge in [0.1, 0.15) is 0 Å². The van der Waals surface area contributed by atoms with Gasteiger partial charge < -0.3 is 0 Å². The highest BCUT2D eigenvalue weighted by atomic mass is 32.2. The number of anilines is 1. The van der Waals surface area contributed by atoms with Gasteiger partial charge in [0.25, 0.3) is 6.17 Å². The molecule has 0 fully saturated rings. The van der Waals surface area contributed by atoms with Crippen molar-refractivity contribution < 1.29 is 9.48 Å². The molecule has 0 saturated heterocycles. The average Bonchev–Trinajstić information content (AvgIpc) is 2.82. The number of aromatic amines is 1. The Labute approximate surface area is 199 Å². The molecule has 0 bridgehead atoms. The largest absolute Gasteiger partial charge is 0.325 e. The molecule has 0 aliphatic carbocycles. The first-order chi connectivity index (χ1) is 16.0. The molecule has 172 valence electrons. The van der Waals surface area contributed by atoms with Gasteiger partial charge in [-0.2, -0.15) is 0 Å². The number of nitrogens with one attached hydrogen (secondary N) is 1. The van der Waals surface area contributed by atoms with E-state index in [1.54, 1.807) is 28.3 Å². The number of para-hydroxylation sites is 1. The molecule has 1 aliphatic heterocycles. The standard InChI is InChI=1S/C26H30N4O2S/c1-4-6-7-10-17-33-26-27-24(32)23-21-11-8-9-12-22(21)29(18(3)31)25(30(23)28-26)20-15-13-19(5-2)14-16-20/h8-9,11-16,25H,4-7,10,17H2,1-3H3/p+1/t25-/m0/s1. The predicted octanol–water partition coefficient (Wildman–Crippen LogP) is 4.87. The van der Waals surface area contributed by atoms with Crippen molar-refractivity contribution in [1.29, 1.82) is 0 Å². The van der Waals surface area contributed by atoms with Gasteiger partial charge in [-0.15, -0.1) is 0 Å². The fourth-order valence-electron chi connectivity index (χ4n) is 4.30. The molecule has 1 amide bonds. The van der Waals surface area contributed by atoms with Gasteiger partial charge in [0.15, 0.2) is 0 Å². The van der Waals surface area contributed by atoms with Crippen LogP contribution >= 0.6 is 11.8 Å². The zero-order valence-electron chi connectivity index (χ0n) is 19.5. The number of benzene rings is 2. The molecule has 33 heavy (non-hydrogen) atoms. The summed E-state index contributed by atoms with van der Waals surface area (Å²) < 4.78 is 1.73. The first kappa shape index (κ1) is 23.2. The predicted molar refractivity (Wildman–Crippen MR) is 132 cm³/mol. The summed E-state index contributed by atoms with van der Waals surface area (Å²) in [5.41, 5.74) is 3.86. The van der Waals surface area contributed by atoms with Crippen LogP contribution in [0.25, 0.3) is 11.3 Å². The number of amides is 1. The second-order valence-corrected chi connectivity index (χ2v) is 9.42. The van der Waals surface area contributed by atoms with Crippen molar-refractivity contribution in [2.24, 2.45) is 0 Å². The second kappa shape index (κ2) is 10.3. The lowest BCUT2D eigenvalue weighted by Crippen LogP contribution is -2.60. The molecule has 3 aromatic rings. The third-order valence-electron chi connectivity index (χ3n) is 6.02. The molecule has 0 spiro atoms. The summed E-state index contributed by atoms with van der Waals surface area (Å²) in [6.45, 7) is 5.87. The first-order valence-corrected chi connectivity index (χ1v) is 12.7. The summed E-state index contributed by atoms with van der Waals surface area (Å²) in [5.74, 6) is 0.798. The summed E-state index contributed by atoms with van der Waals surface area (Å²) in [6.07, 6.45) is 5.06. The molecule has 1 aromatic heterocycles. The fourth-order valence-corrected chi connectivity index (χ4v) is 5.15. The second-order valence-electron chi connectivity index (χ2n) is 8.34. The van der Waals surface area contributed by atoms with Crippen LogP contribution in [0.1, 0.15) is 63.7 Å². The number of fused-ring (bicyclic) bond motifs is 3. The first-order valence-electron chi connectivity index (χ1n) is 11.7. The van der Waals surface area contributed by atoms with Crippen LogP contribution in [0.2, 0.25) is 0 Å². The summed E-state index contributed by atoms with van der Waals surface area (Å²) in [4.78, 5) is 30.9. The maximum Gasteiger partial charge on any atom is 0.325 e. The maximum atomic E-state index is 13.3. The molecule has 1 aliphatic rings. The molecular weight excluding hydrogens is 432 g/mol. The van der Waals surface area contributed by atoms with Crippen LogP contribution in [0, 0.1) is 0 Å². The Kier molecular flexibility index (Phi) is 7.28. The molecular formula is C26H31N4O2S+. The van der Waals surface area contributed by atoms with Crippen LogP contribution in [-0.4, -0.2) is 21.7 Å². The van der Waals surface area contributed by atoms with Crippen molar-refractivity contribution in [2.45, 2.75) is 64.2 Å². The van der Waals surface area contributed by atoms with Gasteiger partial charge in [0.2, 0.25) is 11.1 Å². The Balaban J connectivity index is 1.83. The Bertz CT molecular complexity index is 1190. The van der Waals surface area contributed by atoms with E-state index < -0.39 is 6.17 Å². The molecule has 6 nitrogen and oxygen atoms in total. The Morgan fingerprint density at radius 2 is 1.85 bits per heavy atom. The van der Waals surface area contributed by atoms with E-state index in [4.69, 9.17) is 5.10 Å². The molecule has 4 rings (SSSR count). The van der Waals surface area contributed by atoms with Crippen LogP contribution in [0.15, 0.2) is 58.5 Å². The van der Waals surface area contributed by atoms with Crippen LogP contribution in [0.5, 0.6) is 0 Å². The highest BCUT2D eigenvalue weighted by Gasteiger charge is 2.44. The molecule has 2 aromatic carbocycles. The van der Waals surface area contributed by atoms with Crippen LogP contribution in [0.3, 0.4) is 0 Å². The number of aromatic nitrogens is 3. The number of carbonyl (C=O) groups excluding carboxylic acids is 1. The topological polar surface area (TPSA) is 69.9 Å². The van der Waals surface area contributed by atoms with Crippen LogP contribution in [-0.2, 0) is 11.2 Å². The van der Waals surface area contributed by atoms with Gasteiger partial charge in [-0.05, 0) is 47.4 Å². The van der Waals surface area contributed by atoms with E-state index in [0.717, 1.165) is 29.8 Å². The summed E-state index contributed by atoms with van der Waals surface area (Å²) in [6, 6.07) is 15.8. The Morgan fingerprint density at radius 3 is 2.55 bits per heavy atom. The van der Waals surface area contributed by atoms with Crippen molar-refractivity contribution >= 4 is 23.4 Å². The van der Waals surface area contributed by atoms with Gasteiger partial charge >= 0.3 is 11.3 Å². The zero-order valence-corrected chi connectivity index (χ0v) is 20.3. The highest BCUT2D eigenvalue weighted by Crippen LogP contribution is 2.37. The minimum atomic E-state index is -0.528. The lowest BCUT2D eigenvalue weighted by atomic mass is 10.0. The number of hydrogen-bond acceptors (Lipinski definition) is 4. The number of hydrogen-bond donors (Lipinski definition) is 1. The van der Waals surface area contributed by atoms with Gasteiger partial charge in [0, 0.05) is 23.3 Å². The smallest absolute Gasteiger partial charge is 0.291 e. The van der Waals surface area contributed by atoms with Crippen molar-refractivity contribution in [1.82, 2.24) is 10.1 Å². The molecule has 0 unspecified atom stereocenters. The lowest BCUT2D eigenvalue weighted by molar-refractivity contribution is -0.763. The molecule has 1 atom stereocenters. The van der Waals surface area contributed by atoms with Crippen molar-refractivity contribution in [2.75, 3.05) is 10.7 Å². The monoisotopic (exact) mass is 463 g/mol. The van der Waals surface area contributed by atoms with Gasteiger partial charge in [0.05, 0.1) is 11.3 Å². The number of nitrogens with zero attached hydrogens (tertiary/aromatic N) is 3. The third kappa shape index (κ3) is 4.74. The highest BCUT2D eigenvalue weighted by molar-refractivity contribution is 7.99. The summed E-state index contributed by atoms with van der Waals surface area (Å²) in [5, 5.41) is 5.44. The van der Waals surface area contributed by atoms with E-state index >= 15 is 0 Å². The Morgan fingerprint density at radius 1 is 1.09 bits per heavy atom. The molecule has 2 heterocycles.